The van der Waals surface area contributed by atoms with Crippen LogP contribution in [-0.2, 0) is 0 Å². The summed E-state index contributed by atoms with van der Waals surface area (Å²) in [5.41, 5.74) is 0.938. The van der Waals surface area contributed by atoms with Gasteiger partial charge in [0.05, 0.1) is 18.5 Å². The first-order chi connectivity index (χ1) is 9.61. The monoisotopic (exact) mass is 275 g/mol. The molecule has 0 aliphatic carbocycles. The summed E-state index contributed by atoms with van der Waals surface area (Å²) in [5, 5.41) is 9.21. The molecule has 0 fully saturated rings. The van der Waals surface area contributed by atoms with Gasteiger partial charge in [-0.1, -0.05) is 19.1 Å². The highest BCUT2D eigenvalue weighted by Gasteiger charge is 2.14. The summed E-state index contributed by atoms with van der Waals surface area (Å²) in [7, 11) is 0. The number of benzene rings is 1. The lowest BCUT2D eigenvalue weighted by molar-refractivity contribution is 0.0692. The number of ether oxygens (including phenoxy) is 1. The van der Waals surface area contributed by atoms with Crippen LogP contribution in [0.25, 0.3) is 11.3 Å². The lowest BCUT2D eigenvalue weighted by atomic mass is 10.1. The highest BCUT2D eigenvalue weighted by Crippen LogP contribution is 2.25. The highest BCUT2D eigenvalue weighted by molar-refractivity contribution is 5.92. The van der Waals surface area contributed by atoms with E-state index in [0.717, 1.165) is 6.42 Å². The first-order valence-electron chi connectivity index (χ1n) is 6.24. The molecule has 5 heteroatoms. The van der Waals surface area contributed by atoms with Crippen LogP contribution in [0, 0.1) is 5.82 Å². The fourth-order valence-electron chi connectivity index (χ4n) is 1.74. The Morgan fingerprint density at radius 1 is 1.40 bits per heavy atom. The molecule has 0 atom stereocenters. The molecule has 0 spiro atoms. The van der Waals surface area contributed by atoms with Crippen LogP contribution in [0.5, 0.6) is 5.75 Å². The Morgan fingerprint density at radius 2 is 2.20 bits per heavy atom. The third-order valence-electron chi connectivity index (χ3n) is 2.68. The molecule has 1 heterocycles. The molecular formula is C15H14FNO3. The van der Waals surface area contributed by atoms with Crippen molar-refractivity contribution in [1.82, 2.24) is 4.98 Å². The number of carboxylic acids is 1. The summed E-state index contributed by atoms with van der Waals surface area (Å²) < 4.78 is 18.5. The van der Waals surface area contributed by atoms with Gasteiger partial charge in [-0.15, -0.1) is 0 Å². The number of aromatic carboxylic acids is 1. The summed E-state index contributed by atoms with van der Waals surface area (Å²) in [6.45, 7) is 2.34. The van der Waals surface area contributed by atoms with Crippen molar-refractivity contribution in [3.63, 3.8) is 0 Å². The Labute approximate surface area is 115 Å². The maximum atomic E-state index is 13.2. The fourth-order valence-corrected chi connectivity index (χ4v) is 1.74. The van der Waals surface area contributed by atoms with Crippen LogP contribution >= 0.6 is 0 Å². The van der Waals surface area contributed by atoms with Crippen LogP contribution in [0.3, 0.4) is 0 Å². The molecule has 1 N–H and O–H groups in total. The summed E-state index contributed by atoms with van der Waals surface area (Å²) in [6.07, 6.45) is 2.13. The van der Waals surface area contributed by atoms with Gasteiger partial charge in [0, 0.05) is 5.56 Å². The first-order valence-corrected chi connectivity index (χ1v) is 6.24. The largest absolute Gasteiger partial charge is 0.491 e. The molecule has 0 aliphatic rings. The van der Waals surface area contributed by atoms with E-state index >= 15 is 0 Å². The van der Waals surface area contributed by atoms with Crippen molar-refractivity contribution in [2.75, 3.05) is 6.61 Å². The van der Waals surface area contributed by atoms with Crippen molar-refractivity contribution >= 4 is 5.97 Å². The predicted molar refractivity (Wildman–Crippen MR) is 72.4 cm³/mol. The van der Waals surface area contributed by atoms with E-state index < -0.39 is 11.8 Å². The predicted octanol–water partition coefficient (Wildman–Crippen LogP) is 3.37. The zero-order valence-corrected chi connectivity index (χ0v) is 11.0. The van der Waals surface area contributed by atoms with E-state index in [1.807, 2.05) is 6.92 Å². The Morgan fingerprint density at radius 3 is 2.85 bits per heavy atom. The number of pyridine rings is 1. The van der Waals surface area contributed by atoms with E-state index in [0.29, 0.717) is 17.9 Å². The Bertz CT molecular complexity index is 628. The standard InChI is InChI=1S/C15H14FNO3/c1-2-6-20-14-9-17-13(8-12(14)15(18)19)10-4-3-5-11(16)7-10/h3-5,7-9H,2,6H2,1H3,(H,18,19). The molecular weight excluding hydrogens is 261 g/mol. The molecule has 4 nitrogen and oxygen atoms in total. The van der Waals surface area contributed by atoms with Crippen LogP contribution in [-0.4, -0.2) is 22.7 Å². The lowest BCUT2D eigenvalue weighted by Gasteiger charge is -2.09. The molecule has 104 valence electrons. The number of carbonyl (C=O) groups is 1. The van der Waals surface area contributed by atoms with Gasteiger partial charge in [-0.25, -0.2) is 9.18 Å². The van der Waals surface area contributed by atoms with Crippen molar-refractivity contribution in [3.8, 4) is 17.0 Å². The SMILES string of the molecule is CCCOc1cnc(-c2cccc(F)c2)cc1C(=O)O. The normalized spacial score (nSPS) is 10.3. The number of carboxylic acid groups (broad SMARTS) is 1. The van der Waals surface area contributed by atoms with Crippen molar-refractivity contribution in [2.45, 2.75) is 13.3 Å². The maximum absolute atomic E-state index is 13.2. The second-order valence-corrected chi connectivity index (χ2v) is 4.23. The number of halogens is 1. The highest BCUT2D eigenvalue weighted by atomic mass is 19.1. The minimum Gasteiger partial charge on any atom is -0.491 e. The van der Waals surface area contributed by atoms with E-state index in [1.54, 1.807) is 12.1 Å². The van der Waals surface area contributed by atoms with Gasteiger partial charge in [0.1, 0.15) is 11.4 Å². The zero-order valence-electron chi connectivity index (χ0n) is 11.0. The minimum atomic E-state index is -1.10. The molecule has 20 heavy (non-hydrogen) atoms. The number of hydrogen-bond donors (Lipinski definition) is 1. The molecule has 0 amide bonds. The average Bonchev–Trinajstić information content (AvgIpc) is 2.44. The molecule has 0 radical (unpaired) electrons. The smallest absolute Gasteiger partial charge is 0.339 e. The number of hydrogen-bond acceptors (Lipinski definition) is 3. The van der Waals surface area contributed by atoms with Gasteiger partial charge in [0.15, 0.2) is 5.75 Å². The quantitative estimate of drug-likeness (QED) is 0.908. The Kier molecular flexibility index (Phi) is 4.30. The third kappa shape index (κ3) is 3.12. The van der Waals surface area contributed by atoms with Gasteiger partial charge in [-0.2, -0.15) is 0 Å². The molecule has 0 bridgehead atoms. The molecule has 1 aromatic carbocycles. The van der Waals surface area contributed by atoms with Gasteiger partial charge in [-0.05, 0) is 24.6 Å². The number of nitrogens with zero attached hydrogens (tertiary/aromatic N) is 1. The Balaban J connectivity index is 2.42. The summed E-state index contributed by atoms with van der Waals surface area (Å²) in [4.78, 5) is 15.4. The zero-order chi connectivity index (χ0) is 14.5. The van der Waals surface area contributed by atoms with Crippen LogP contribution in [0.4, 0.5) is 4.39 Å². The van der Waals surface area contributed by atoms with E-state index in [2.05, 4.69) is 4.98 Å². The van der Waals surface area contributed by atoms with Crippen LogP contribution in [0.1, 0.15) is 23.7 Å². The number of rotatable bonds is 5. The second-order valence-electron chi connectivity index (χ2n) is 4.23. The second kappa shape index (κ2) is 6.14. The summed E-state index contributed by atoms with van der Waals surface area (Å²) in [5.74, 6) is -1.27. The van der Waals surface area contributed by atoms with E-state index in [-0.39, 0.29) is 11.3 Å². The topological polar surface area (TPSA) is 59.4 Å². The molecule has 0 saturated heterocycles. The molecule has 0 saturated carbocycles. The Hall–Kier alpha value is -2.43. The van der Waals surface area contributed by atoms with Crippen LogP contribution < -0.4 is 4.74 Å². The van der Waals surface area contributed by atoms with Gasteiger partial charge >= 0.3 is 5.97 Å². The maximum Gasteiger partial charge on any atom is 0.339 e. The third-order valence-corrected chi connectivity index (χ3v) is 2.68. The van der Waals surface area contributed by atoms with Crippen LogP contribution in [0.15, 0.2) is 36.5 Å². The molecule has 1 aromatic heterocycles. The van der Waals surface area contributed by atoms with Crippen molar-refractivity contribution < 1.29 is 19.0 Å². The first kappa shape index (κ1) is 14.0. The van der Waals surface area contributed by atoms with E-state index in [4.69, 9.17) is 4.74 Å². The molecule has 0 aliphatic heterocycles. The van der Waals surface area contributed by atoms with Gasteiger partial charge < -0.3 is 9.84 Å². The minimum absolute atomic E-state index is 0.0210. The fraction of sp³-hybridized carbons (Fsp3) is 0.200. The molecule has 2 aromatic rings. The van der Waals surface area contributed by atoms with E-state index in [1.165, 1.54) is 24.4 Å². The van der Waals surface area contributed by atoms with Crippen molar-refractivity contribution in [2.24, 2.45) is 0 Å². The van der Waals surface area contributed by atoms with Gasteiger partial charge in [0.25, 0.3) is 0 Å². The molecule has 0 unspecified atom stereocenters. The van der Waals surface area contributed by atoms with Gasteiger partial charge in [-0.3, -0.25) is 4.98 Å². The van der Waals surface area contributed by atoms with Crippen molar-refractivity contribution in [3.05, 3.63) is 47.9 Å². The average molecular weight is 275 g/mol. The number of aromatic nitrogens is 1. The molecule has 2 rings (SSSR count). The summed E-state index contributed by atoms with van der Waals surface area (Å²) >= 11 is 0. The van der Waals surface area contributed by atoms with E-state index in [9.17, 15) is 14.3 Å². The summed E-state index contributed by atoms with van der Waals surface area (Å²) in [6, 6.07) is 7.24. The van der Waals surface area contributed by atoms with Crippen molar-refractivity contribution in [1.29, 1.82) is 0 Å². The van der Waals surface area contributed by atoms with Crippen LogP contribution in [0.2, 0.25) is 0 Å². The van der Waals surface area contributed by atoms with Gasteiger partial charge in [0.2, 0.25) is 0 Å². The lowest BCUT2D eigenvalue weighted by Crippen LogP contribution is -2.05.